The summed E-state index contributed by atoms with van der Waals surface area (Å²) in [7, 11) is 0. The van der Waals surface area contributed by atoms with E-state index in [2.05, 4.69) is 11.3 Å². The zero-order valence-corrected chi connectivity index (χ0v) is 2.93. The van der Waals surface area contributed by atoms with Crippen molar-refractivity contribution in [1.82, 2.24) is 0 Å². The summed E-state index contributed by atoms with van der Waals surface area (Å²) in [6.45, 7) is 0. The smallest absolute Gasteiger partial charge is 0.171 e. The van der Waals surface area contributed by atoms with Gasteiger partial charge in [0.25, 0.3) is 0 Å². The van der Waals surface area contributed by atoms with Crippen LogP contribution < -0.4 is 0 Å². The molecule has 0 aromatic rings. The molecule has 0 aromatic carbocycles. The maximum atomic E-state index is 7.43. The Balaban J connectivity index is 3.22. The van der Waals surface area contributed by atoms with Crippen LogP contribution in [0.2, 0.25) is 0 Å². The van der Waals surface area contributed by atoms with Gasteiger partial charge in [-0.3, -0.25) is 4.89 Å². The third-order valence-electron chi connectivity index (χ3n) is 0.169. The largest absolute Gasteiger partial charge is 0.284 e. The van der Waals surface area contributed by atoms with Gasteiger partial charge in [0.15, 0.2) is 6.11 Å². The van der Waals surface area contributed by atoms with Crippen LogP contribution in [-0.4, -0.2) is 5.26 Å². The first kappa shape index (κ1) is 4.88. The lowest BCUT2D eigenvalue weighted by molar-refractivity contribution is -0.171. The second kappa shape index (κ2) is 3.88. The summed E-state index contributed by atoms with van der Waals surface area (Å²) in [6.07, 6.45) is 6.37. The Morgan fingerprint density at radius 3 is 2.50 bits per heavy atom. The summed E-state index contributed by atoms with van der Waals surface area (Å²) in [5.74, 6) is 3.93. The fraction of sp³-hybridized carbons (Fsp3) is 0. The zero-order valence-electron chi connectivity index (χ0n) is 2.93. The molecule has 0 radical (unpaired) electrons. The third kappa shape index (κ3) is 2.88. The molecule has 0 atom stereocenters. The zero-order chi connectivity index (χ0) is 4.83. The van der Waals surface area contributed by atoms with E-state index in [1.165, 1.54) is 0 Å². The van der Waals surface area contributed by atoms with Crippen molar-refractivity contribution >= 4 is 0 Å². The molecule has 0 aliphatic heterocycles. The van der Waals surface area contributed by atoms with Gasteiger partial charge in [0.05, 0.1) is 0 Å². The van der Waals surface area contributed by atoms with Gasteiger partial charge in [0, 0.05) is 5.92 Å². The van der Waals surface area contributed by atoms with Gasteiger partial charge in [-0.25, -0.2) is 0 Å². The molecule has 1 N–H and O–H groups in total. The molecule has 0 saturated carbocycles. The second-order valence-electron chi connectivity index (χ2n) is 0.463. The monoisotopic (exact) mass is 82.0 g/mol. The van der Waals surface area contributed by atoms with Crippen LogP contribution in [0.5, 0.6) is 0 Å². The standard InChI is InChI=1S/C4H2O2/c1-2-3-4-6-5/h1,5H. The van der Waals surface area contributed by atoms with E-state index in [1.54, 1.807) is 6.11 Å². The van der Waals surface area contributed by atoms with Gasteiger partial charge >= 0.3 is 0 Å². The van der Waals surface area contributed by atoms with Crippen molar-refractivity contribution in [2.24, 2.45) is 0 Å². The topological polar surface area (TPSA) is 29.5 Å². The van der Waals surface area contributed by atoms with E-state index in [4.69, 9.17) is 5.26 Å². The molecule has 0 fully saturated rings. The predicted molar refractivity (Wildman–Crippen MR) is 20.3 cm³/mol. The molecule has 0 heterocycles. The molecular formula is C4H2O2. The van der Waals surface area contributed by atoms with Crippen molar-refractivity contribution in [2.75, 3.05) is 0 Å². The van der Waals surface area contributed by atoms with Crippen molar-refractivity contribution in [3.8, 4) is 24.4 Å². The van der Waals surface area contributed by atoms with Gasteiger partial charge in [-0.1, -0.05) is 0 Å². The number of terminal acetylenes is 1. The predicted octanol–water partition coefficient (Wildman–Crippen LogP) is 0.0701. The van der Waals surface area contributed by atoms with Crippen molar-refractivity contribution in [1.29, 1.82) is 0 Å². The average molecular weight is 82.1 g/mol. The minimum Gasteiger partial charge on any atom is -0.284 e. The van der Waals surface area contributed by atoms with Gasteiger partial charge < -0.3 is 0 Å². The van der Waals surface area contributed by atoms with E-state index < -0.39 is 0 Å². The first-order valence-corrected chi connectivity index (χ1v) is 1.18. The van der Waals surface area contributed by atoms with Crippen LogP contribution in [0.1, 0.15) is 0 Å². The molecule has 2 heteroatoms. The Kier molecular flexibility index (Phi) is 3.16. The van der Waals surface area contributed by atoms with Gasteiger partial charge in [-0.15, -0.1) is 6.42 Å². The SMILES string of the molecule is C#CC#COO. The van der Waals surface area contributed by atoms with Crippen LogP contribution in [0, 0.1) is 24.4 Å². The van der Waals surface area contributed by atoms with E-state index in [-0.39, 0.29) is 0 Å². The van der Waals surface area contributed by atoms with Crippen LogP contribution in [0.25, 0.3) is 0 Å². The lowest BCUT2D eigenvalue weighted by Gasteiger charge is -1.65. The highest BCUT2D eigenvalue weighted by molar-refractivity contribution is 5.18. The second-order valence-corrected chi connectivity index (χ2v) is 0.463. The van der Waals surface area contributed by atoms with Crippen molar-refractivity contribution in [3.05, 3.63) is 0 Å². The molecular weight excluding hydrogens is 80.0 g/mol. The fourth-order valence-electron chi connectivity index (χ4n) is 0.0523. The third-order valence-corrected chi connectivity index (χ3v) is 0.169. The van der Waals surface area contributed by atoms with Crippen LogP contribution in [0.3, 0.4) is 0 Å². The fourth-order valence-corrected chi connectivity index (χ4v) is 0.0523. The summed E-state index contributed by atoms with van der Waals surface area (Å²) in [5.41, 5.74) is 0. The minimum absolute atomic E-state index is 1.77. The maximum Gasteiger partial charge on any atom is 0.171 e. The van der Waals surface area contributed by atoms with E-state index in [1.807, 2.05) is 11.8 Å². The highest BCUT2D eigenvalue weighted by atomic mass is 17.1. The summed E-state index contributed by atoms with van der Waals surface area (Å²) in [4.78, 5) is 3.28. The van der Waals surface area contributed by atoms with Gasteiger partial charge in [-0.05, 0) is 5.92 Å². The van der Waals surface area contributed by atoms with E-state index in [0.717, 1.165) is 0 Å². The Hall–Kier alpha value is -1.12. The summed E-state index contributed by atoms with van der Waals surface area (Å²) < 4.78 is 0. The van der Waals surface area contributed by atoms with Crippen LogP contribution >= 0.6 is 0 Å². The average Bonchev–Trinajstić information content (AvgIpc) is 1.61. The van der Waals surface area contributed by atoms with Crippen LogP contribution in [0.4, 0.5) is 0 Å². The molecule has 0 unspecified atom stereocenters. The van der Waals surface area contributed by atoms with Crippen molar-refractivity contribution in [3.63, 3.8) is 0 Å². The van der Waals surface area contributed by atoms with Gasteiger partial charge in [0.1, 0.15) is 0 Å². The molecule has 30 valence electrons. The first-order valence-electron chi connectivity index (χ1n) is 1.18. The van der Waals surface area contributed by atoms with E-state index >= 15 is 0 Å². The quantitative estimate of drug-likeness (QED) is 0.254. The molecule has 0 amide bonds. The highest BCUT2D eigenvalue weighted by Crippen LogP contribution is 1.49. The van der Waals surface area contributed by atoms with Crippen molar-refractivity contribution in [2.45, 2.75) is 0 Å². The van der Waals surface area contributed by atoms with Crippen molar-refractivity contribution < 1.29 is 10.1 Å². The molecule has 2 nitrogen and oxygen atoms in total. The van der Waals surface area contributed by atoms with Crippen LogP contribution in [-0.2, 0) is 4.89 Å². The first-order chi connectivity index (χ1) is 2.91. The number of hydrogen-bond acceptors (Lipinski definition) is 2. The normalized spacial score (nSPS) is 4.00. The number of rotatable bonds is 0. The molecule has 0 saturated heterocycles. The molecule has 0 aromatic heterocycles. The molecule has 0 aliphatic rings. The molecule has 0 spiro atoms. The summed E-state index contributed by atoms with van der Waals surface area (Å²) in [6, 6.07) is 0. The van der Waals surface area contributed by atoms with Gasteiger partial charge in [0.2, 0.25) is 0 Å². The molecule has 0 bridgehead atoms. The highest BCUT2D eigenvalue weighted by Gasteiger charge is 1.50. The van der Waals surface area contributed by atoms with Crippen LogP contribution in [0.15, 0.2) is 0 Å². The van der Waals surface area contributed by atoms with E-state index in [9.17, 15) is 0 Å². The lowest BCUT2D eigenvalue weighted by Crippen LogP contribution is -1.62. The maximum absolute atomic E-state index is 7.43. The van der Waals surface area contributed by atoms with Gasteiger partial charge in [-0.2, -0.15) is 5.26 Å². The molecule has 0 aliphatic carbocycles. The summed E-state index contributed by atoms with van der Waals surface area (Å²) in [5, 5.41) is 7.43. The Bertz CT molecular complexity index is 110. The Morgan fingerprint density at radius 1 is 1.67 bits per heavy atom. The molecule has 0 rings (SSSR count). The molecule has 6 heavy (non-hydrogen) atoms. The van der Waals surface area contributed by atoms with E-state index in [0.29, 0.717) is 0 Å². The lowest BCUT2D eigenvalue weighted by atomic mass is 10.7. The number of hydrogen-bond donors (Lipinski definition) is 1. The minimum atomic E-state index is 1.77. The summed E-state index contributed by atoms with van der Waals surface area (Å²) >= 11 is 0. The Morgan fingerprint density at radius 2 is 2.33 bits per heavy atom. The Labute approximate surface area is 35.7 Å².